The number of unbranched alkanes of at least 4 members (excludes halogenated alkanes) is 1. The molecule has 3 rings (SSSR count). The molecule has 33 heavy (non-hydrogen) atoms. The minimum atomic E-state index is 0. The van der Waals surface area contributed by atoms with Crippen molar-refractivity contribution in [1.82, 2.24) is 15.5 Å². The van der Waals surface area contributed by atoms with Crippen LogP contribution in [0.1, 0.15) is 49.3 Å². The van der Waals surface area contributed by atoms with Crippen molar-refractivity contribution in [3.8, 4) is 5.75 Å². The van der Waals surface area contributed by atoms with E-state index in [1.165, 1.54) is 11.1 Å². The van der Waals surface area contributed by atoms with Gasteiger partial charge in [-0.25, -0.2) is 4.99 Å². The van der Waals surface area contributed by atoms with Crippen LogP contribution in [0.15, 0.2) is 53.5 Å². The highest BCUT2D eigenvalue weighted by atomic mass is 127. The molecule has 180 valence electrons. The lowest BCUT2D eigenvalue weighted by Crippen LogP contribution is -2.37. The second kappa shape index (κ2) is 14.8. The molecule has 0 bridgehead atoms. The predicted molar refractivity (Wildman–Crippen MR) is 145 cm³/mol. The largest absolute Gasteiger partial charge is 0.497 e. The fourth-order valence-corrected chi connectivity index (χ4v) is 3.88. The summed E-state index contributed by atoms with van der Waals surface area (Å²) >= 11 is 0. The smallest absolute Gasteiger partial charge is 0.222 e. The third-order valence-electron chi connectivity index (χ3n) is 5.64. The van der Waals surface area contributed by atoms with E-state index in [1.807, 2.05) is 17.0 Å². The number of aryl methyl sites for hydroxylation is 1. The van der Waals surface area contributed by atoms with Crippen LogP contribution in [0.2, 0.25) is 0 Å². The van der Waals surface area contributed by atoms with Gasteiger partial charge in [-0.2, -0.15) is 0 Å². The van der Waals surface area contributed by atoms with Crippen LogP contribution in [0.3, 0.4) is 0 Å². The number of carbonyl (C=O) groups excluding carboxylic acids is 1. The van der Waals surface area contributed by atoms with Gasteiger partial charge in [-0.3, -0.25) is 4.79 Å². The quantitative estimate of drug-likeness (QED) is 0.183. The molecule has 0 spiro atoms. The molecule has 7 heteroatoms. The number of nitrogens with zero attached hydrogens (tertiary/aromatic N) is 2. The Morgan fingerprint density at radius 1 is 1.06 bits per heavy atom. The Balaban J connectivity index is 0.00000385. The van der Waals surface area contributed by atoms with Crippen molar-refractivity contribution in [2.75, 3.05) is 26.7 Å². The van der Waals surface area contributed by atoms with Gasteiger partial charge in [-0.05, 0) is 61.4 Å². The number of nitrogens with one attached hydrogen (secondary N) is 2. The van der Waals surface area contributed by atoms with Gasteiger partial charge in [0.05, 0.1) is 13.7 Å². The van der Waals surface area contributed by atoms with Gasteiger partial charge < -0.3 is 20.3 Å². The summed E-state index contributed by atoms with van der Waals surface area (Å²) in [4.78, 5) is 18.6. The fraction of sp³-hybridized carbons (Fsp3) is 0.462. The summed E-state index contributed by atoms with van der Waals surface area (Å²) in [6.07, 6.45) is 4.92. The van der Waals surface area contributed by atoms with Crippen LogP contribution < -0.4 is 15.4 Å². The van der Waals surface area contributed by atoms with Crippen LogP contribution in [0.25, 0.3) is 0 Å². The highest BCUT2D eigenvalue weighted by Gasteiger charge is 2.19. The molecule has 2 aromatic carbocycles. The normalized spacial score (nSPS) is 13.6. The first-order chi connectivity index (χ1) is 15.7. The minimum Gasteiger partial charge on any atom is -0.497 e. The number of halogens is 1. The molecule has 1 amide bonds. The number of aliphatic imine (C=N–C) groups is 1. The zero-order valence-corrected chi connectivity index (χ0v) is 22.1. The number of benzene rings is 2. The van der Waals surface area contributed by atoms with E-state index in [-0.39, 0.29) is 29.9 Å². The predicted octanol–water partition coefficient (Wildman–Crippen LogP) is 4.51. The molecule has 2 N–H and O–H groups in total. The zero-order valence-electron chi connectivity index (χ0n) is 19.8. The number of hydrogen-bond acceptors (Lipinski definition) is 3. The van der Waals surface area contributed by atoms with Gasteiger partial charge in [-0.15, -0.1) is 24.0 Å². The van der Waals surface area contributed by atoms with Gasteiger partial charge in [0.25, 0.3) is 0 Å². The number of guanidine groups is 1. The Hall–Kier alpha value is -2.29. The van der Waals surface area contributed by atoms with Crippen LogP contribution in [-0.4, -0.2) is 43.5 Å². The second-order valence-electron chi connectivity index (χ2n) is 8.17. The summed E-state index contributed by atoms with van der Waals surface area (Å²) in [6, 6.07) is 16.7. The van der Waals surface area contributed by atoms with Gasteiger partial charge >= 0.3 is 0 Å². The van der Waals surface area contributed by atoms with E-state index in [2.05, 4.69) is 54.0 Å². The molecule has 6 nitrogen and oxygen atoms in total. The van der Waals surface area contributed by atoms with Gasteiger partial charge in [0.2, 0.25) is 5.91 Å². The first-order valence-corrected chi connectivity index (χ1v) is 11.7. The van der Waals surface area contributed by atoms with Crippen molar-refractivity contribution < 1.29 is 9.53 Å². The van der Waals surface area contributed by atoms with Crippen LogP contribution >= 0.6 is 24.0 Å². The topological polar surface area (TPSA) is 66.0 Å². The number of amides is 1. The molecular weight excluding hydrogens is 527 g/mol. The summed E-state index contributed by atoms with van der Waals surface area (Å²) < 4.78 is 5.21. The standard InChI is InChI=1S/C26H36N4O2.HI/c1-3-27-26(28-16-5-4-8-21-12-14-24(32-2)15-13-21)29-19-22-9-6-10-23(18-22)20-30-17-7-11-25(30)31;/h6,9-10,12-15,18H,3-5,7-8,11,16-17,19-20H2,1-2H3,(H2,27,28,29);1H. The first kappa shape index (κ1) is 27.0. The average molecular weight is 565 g/mol. The maximum Gasteiger partial charge on any atom is 0.222 e. The van der Waals surface area contributed by atoms with Crippen LogP contribution in [0.5, 0.6) is 5.75 Å². The number of methoxy groups -OCH3 is 1. The van der Waals surface area contributed by atoms with E-state index in [0.717, 1.165) is 62.6 Å². The van der Waals surface area contributed by atoms with Crippen molar-refractivity contribution in [1.29, 1.82) is 0 Å². The summed E-state index contributed by atoms with van der Waals surface area (Å²) in [7, 11) is 1.69. The zero-order chi connectivity index (χ0) is 22.6. The van der Waals surface area contributed by atoms with Crippen LogP contribution in [-0.2, 0) is 24.3 Å². The highest BCUT2D eigenvalue weighted by Crippen LogP contribution is 2.16. The molecular formula is C26H37IN4O2. The summed E-state index contributed by atoms with van der Waals surface area (Å²) in [5.74, 6) is 2.01. The first-order valence-electron chi connectivity index (χ1n) is 11.7. The van der Waals surface area contributed by atoms with Crippen molar-refractivity contribution in [3.63, 3.8) is 0 Å². The number of ether oxygens (including phenoxy) is 1. The molecule has 1 aliphatic heterocycles. The number of likely N-dealkylation sites (tertiary alicyclic amines) is 1. The van der Waals surface area contributed by atoms with Crippen LogP contribution in [0.4, 0.5) is 0 Å². The summed E-state index contributed by atoms with van der Waals surface area (Å²) in [5, 5.41) is 6.77. The highest BCUT2D eigenvalue weighted by molar-refractivity contribution is 14.0. The Kier molecular flexibility index (Phi) is 12.1. The third-order valence-corrected chi connectivity index (χ3v) is 5.64. The lowest BCUT2D eigenvalue weighted by Gasteiger charge is -2.16. The van der Waals surface area contributed by atoms with Gasteiger partial charge in [0.15, 0.2) is 5.96 Å². The van der Waals surface area contributed by atoms with E-state index in [1.54, 1.807) is 7.11 Å². The maximum absolute atomic E-state index is 11.9. The molecule has 0 saturated carbocycles. The van der Waals surface area contributed by atoms with E-state index in [9.17, 15) is 4.79 Å². The number of rotatable bonds is 11. The minimum absolute atomic E-state index is 0. The van der Waals surface area contributed by atoms with Gasteiger partial charge in [0.1, 0.15) is 5.75 Å². The number of carbonyl (C=O) groups is 1. The van der Waals surface area contributed by atoms with Crippen molar-refractivity contribution in [2.24, 2.45) is 4.99 Å². The molecule has 0 unspecified atom stereocenters. The lowest BCUT2D eigenvalue weighted by molar-refractivity contribution is -0.128. The molecule has 1 aliphatic rings. The lowest BCUT2D eigenvalue weighted by atomic mass is 10.1. The van der Waals surface area contributed by atoms with E-state index < -0.39 is 0 Å². The molecule has 0 aliphatic carbocycles. The van der Waals surface area contributed by atoms with E-state index in [0.29, 0.717) is 19.5 Å². The fourth-order valence-electron chi connectivity index (χ4n) is 3.88. The van der Waals surface area contributed by atoms with Gasteiger partial charge in [0, 0.05) is 32.6 Å². The van der Waals surface area contributed by atoms with Crippen molar-refractivity contribution in [3.05, 3.63) is 65.2 Å². The third kappa shape index (κ3) is 9.23. The van der Waals surface area contributed by atoms with Crippen LogP contribution in [0, 0.1) is 0 Å². The Bertz CT molecular complexity index is 886. The average Bonchev–Trinajstić information content (AvgIpc) is 3.22. The molecule has 1 saturated heterocycles. The van der Waals surface area contributed by atoms with Gasteiger partial charge in [-0.1, -0.05) is 36.4 Å². The molecule has 2 aromatic rings. The molecule has 0 atom stereocenters. The maximum atomic E-state index is 11.9. The Morgan fingerprint density at radius 3 is 2.55 bits per heavy atom. The summed E-state index contributed by atoms with van der Waals surface area (Å²) in [6.45, 7) is 5.97. The second-order valence-corrected chi connectivity index (χ2v) is 8.17. The van der Waals surface area contributed by atoms with Crippen molar-refractivity contribution in [2.45, 2.75) is 52.1 Å². The molecule has 1 fully saturated rings. The van der Waals surface area contributed by atoms with Crippen molar-refractivity contribution >= 4 is 35.8 Å². The molecule has 0 aromatic heterocycles. The Labute approximate surface area is 215 Å². The van der Waals surface area contributed by atoms with E-state index in [4.69, 9.17) is 9.73 Å². The Morgan fingerprint density at radius 2 is 1.85 bits per heavy atom. The molecule has 0 radical (unpaired) electrons. The van der Waals surface area contributed by atoms with E-state index >= 15 is 0 Å². The summed E-state index contributed by atoms with van der Waals surface area (Å²) in [5.41, 5.74) is 3.66. The monoisotopic (exact) mass is 564 g/mol. The SMILES string of the molecule is CCNC(=NCc1cccc(CN2CCCC2=O)c1)NCCCCc1ccc(OC)cc1.I. The molecule has 1 heterocycles. The number of hydrogen-bond donors (Lipinski definition) is 2.